The Balaban J connectivity index is 2.28. The van der Waals surface area contributed by atoms with E-state index >= 15 is 0 Å². The lowest BCUT2D eigenvalue weighted by Gasteiger charge is -2.18. The lowest BCUT2D eigenvalue weighted by molar-refractivity contribution is -0.150. The van der Waals surface area contributed by atoms with Crippen LogP contribution in [0.2, 0.25) is 0 Å². The number of carbonyl (C=O) groups is 3. The molecule has 0 aromatic heterocycles. The van der Waals surface area contributed by atoms with Gasteiger partial charge < -0.3 is 9.47 Å². The Morgan fingerprint density at radius 3 is 2.42 bits per heavy atom. The number of ketones is 2. The van der Waals surface area contributed by atoms with E-state index in [-0.39, 0.29) is 17.1 Å². The summed E-state index contributed by atoms with van der Waals surface area (Å²) in [4.78, 5) is 35.2. The number of hydrogen-bond donors (Lipinski definition) is 0. The normalized spacial score (nSPS) is 15.4. The number of rotatable bonds is 3. The van der Waals surface area contributed by atoms with Gasteiger partial charge in [-0.25, -0.2) is 4.79 Å². The molecule has 2 rings (SSSR count). The van der Waals surface area contributed by atoms with Crippen molar-refractivity contribution < 1.29 is 23.9 Å². The molecule has 0 radical (unpaired) electrons. The third-order valence-electron chi connectivity index (χ3n) is 2.76. The van der Waals surface area contributed by atoms with E-state index in [2.05, 4.69) is 4.74 Å². The second kappa shape index (κ2) is 5.06. The Bertz CT molecular complexity index is 585. The van der Waals surface area contributed by atoms with Crippen molar-refractivity contribution >= 4 is 17.5 Å². The molecular formula is C14H12O5. The molecule has 0 N–H and O–H groups in total. The highest BCUT2D eigenvalue weighted by Gasteiger charge is 2.29. The van der Waals surface area contributed by atoms with E-state index < -0.39 is 17.9 Å². The fraction of sp³-hybridized carbons (Fsp3) is 0.214. The van der Waals surface area contributed by atoms with Crippen LogP contribution in [0.3, 0.4) is 0 Å². The molecule has 1 aliphatic carbocycles. The highest BCUT2D eigenvalue weighted by atomic mass is 16.6. The average Bonchev–Trinajstić information content (AvgIpc) is 2.43. The summed E-state index contributed by atoms with van der Waals surface area (Å²) in [6.45, 7) is 1.45. The van der Waals surface area contributed by atoms with Crippen LogP contribution in [-0.2, 0) is 14.3 Å². The number of hydrogen-bond acceptors (Lipinski definition) is 5. The molecule has 0 aliphatic heterocycles. The predicted octanol–water partition coefficient (Wildman–Crippen LogP) is 1.53. The molecule has 1 aromatic carbocycles. The summed E-state index contributed by atoms with van der Waals surface area (Å²) >= 11 is 0. The van der Waals surface area contributed by atoms with Gasteiger partial charge in [0.2, 0.25) is 5.78 Å². The second-order valence-electron chi connectivity index (χ2n) is 4.03. The van der Waals surface area contributed by atoms with Crippen molar-refractivity contribution in [3.8, 4) is 0 Å². The number of methoxy groups -OCH3 is 1. The molecule has 0 fully saturated rings. The van der Waals surface area contributed by atoms with Crippen molar-refractivity contribution in [1.29, 1.82) is 0 Å². The first-order valence-corrected chi connectivity index (χ1v) is 5.69. The van der Waals surface area contributed by atoms with Crippen LogP contribution in [0.4, 0.5) is 0 Å². The minimum Gasteiger partial charge on any atom is -0.475 e. The summed E-state index contributed by atoms with van der Waals surface area (Å²) in [6, 6.07) is 6.47. The Morgan fingerprint density at radius 2 is 1.79 bits per heavy atom. The molecule has 1 aromatic rings. The molecule has 1 aliphatic rings. The minimum atomic E-state index is -0.946. The van der Waals surface area contributed by atoms with E-state index in [1.165, 1.54) is 14.0 Å². The minimum absolute atomic E-state index is 0.137. The SMILES string of the molecule is COC(=O)C(C)OC1=CC(=O)c2ccccc2C1=O. The molecule has 1 unspecified atom stereocenters. The first-order valence-electron chi connectivity index (χ1n) is 5.69. The van der Waals surface area contributed by atoms with Crippen LogP contribution in [-0.4, -0.2) is 30.7 Å². The number of Topliss-reactive ketones (excluding diaryl/α,β-unsaturated/α-hetero) is 1. The summed E-state index contributed by atoms with van der Waals surface area (Å²) in [5.74, 6) is -1.48. The Morgan fingerprint density at radius 1 is 1.16 bits per heavy atom. The molecule has 0 heterocycles. The van der Waals surface area contributed by atoms with Gasteiger partial charge in [0.1, 0.15) is 0 Å². The average molecular weight is 260 g/mol. The molecule has 98 valence electrons. The fourth-order valence-electron chi connectivity index (χ4n) is 1.78. The van der Waals surface area contributed by atoms with Gasteiger partial charge >= 0.3 is 5.97 Å². The Kier molecular flexibility index (Phi) is 3.46. The first-order chi connectivity index (χ1) is 9.04. The van der Waals surface area contributed by atoms with E-state index in [4.69, 9.17) is 4.74 Å². The summed E-state index contributed by atoms with van der Waals surface area (Å²) in [5, 5.41) is 0. The van der Waals surface area contributed by atoms with Crippen LogP contribution in [0.25, 0.3) is 0 Å². The lowest BCUT2D eigenvalue weighted by Crippen LogP contribution is -2.26. The number of ether oxygens (including phenoxy) is 2. The summed E-state index contributed by atoms with van der Waals surface area (Å²) in [6.07, 6.45) is 0.155. The zero-order valence-corrected chi connectivity index (χ0v) is 10.5. The summed E-state index contributed by atoms with van der Waals surface area (Å²) in [7, 11) is 1.22. The maximum Gasteiger partial charge on any atom is 0.346 e. The van der Waals surface area contributed by atoms with Crippen LogP contribution in [0.15, 0.2) is 36.1 Å². The van der Waals surface area contributed by atoms with Gasteiger partial charge in [-0.1, -0.05) is 24.3 Å². The molecule has 1 atom stereocenters. The number of fused-ring (bicyclic) bond motifs is 1. The molecule has 0 spiro atoms. The number of allylic oxidation sites excluding steroid dienone is 2. The van der Waals surface area contributed by atoms with Gasteiger partial charge in [0.25, 0.3) is 0 Å². The topological polar surface area (TPSA) is 69.7 Å². The van der Waals surface area contributed by atoms with Crippen LogP contribution in [0, 0.1) is 0 Å². The van der Waals surface area contributed by atoms with E-state index in [1.807, 2.05) is 0 Å². The zero-order chi connectivity index (χ0) is 14.0. The number of benzene rings is 1. The van der Waals surface area contributed by atoms with Crippen LogP contribution >= 0.6 is 0 Å². The third-order valence-corrected chi connectivity index (χ3v) is 2.76. The molecular weight excluding hydrogens is 248 g/mol. The lowest BCUT2D eigenvalue weighted by atomic mass is 9.94. The van der Waals surface area contributed by atoms with Gasteiger partial charge in [-0.15, -0.1) is 0 Å². The number of carbonyl (C=O) groups excluding carboxylic acids is 3. The highest BCUT2D eigenvalue weighted by molar-refractivity contribution is 6.23. The number of esters is 1. The van der Waals surface area contributed by atoms with Crippen LogP contribution < -0.4 is 0 Å². The second-order valence-corrected chi connectivity index (χ2v) is 4.03. The molecule has 0 amide bonds. The predicted molar refractivity (Wildman–Crippen MR) is 65.7 cm³/mol. The van der Waals surface area contributed by atoms with Crippen molar-refractivity contribution in [3.05, 3.63) is 47.2 Å². The van der Waals surface area contributed by atoms with Gasteiger partial charge in [0.05, 0.1) is 7.11 Å². The van der Waals surface area contributed by atoms with E-state index in [9.17, 15) is 14.4 Å². The quantitative estimate of drug-likeness (QED) is 0.771. The zero-order valence-electron chi connectivity index (χ0n) is 10.5. The molecule has 19 heavy (non-hydrogen) atoms. The monoisotopic (exact) mass is 260 g/mol. The van der Waals surface area contributed by atoms with Gasteiger partial charge in [-0.3, -0.25) is 9.59 Å². The largest absolute Gasteiger partial charge is 0.475 e. The summed E-state index contributed by atoms with van der Waals surface area (Å²) in [5.41, 5.74) is 0.618. The fourth-order valence-corrected chi connectivity index (χ4v) is 1.78. The van der Waals surface area contributed by atoms with Crippen LogP contribution in [0.1, 0.15) is 27.6 Å². The summed E-state index contributed by atoms with van der Waals surface area (Å²) < 4.78 is 9.70. The van der Waals surface area contributed by atoms with E-state index in [1.54, 1.807) is 24.3 Å². The Hall–Kier alpha value is -2.43. The molecule has 5 nitrogen and oxygen atoms in total. The molecule has 5 heteroatoms. The van der Waals surface area contributed by atoms with Crippen LogP contribution in [0.5, 0.6) is 0 Å². The van der Waals surface area contributed by atoms with Crippen molar-refractivity contribution in [2.45, 2.75) is 13.0 Å². The first kappa shape index (κ1) is 13.0. The van der Waals surface area contributed by atoms with E-state index in [0.717, 1.165) is 6.08 Å². The standard InChI is InChI=1S/C14H12O5/c1-8(14(17)18-2)19-12-7-11(15)9-5-3-4-6-10(9)13(12)16/h3-8H,1-2H3. The van der Waals surface area contributed by atoms with Gasteiger partial charge in [0.15, 0.2) is 17.6 Å². The molecule has 0 saturated heterocycles. The Labute approximate surface area is 109 Å². The maximum absolute atomic E-state index is 12.1. The van der Waals surface area contributed by atoms with Crippen molar-refractivity contribution in [3.63, 3.8) is 0 Å². The van der Waals surface area contributed by atoms with Gasteiger partial charge in [-0.2, -0.15) is 0 Å². The van der Waals surface area contributed by atoms with Gasteiger partial charge in [-0.05, 0) is 6.92 Å². The van der Waals surface area contributed by atoms with Crippen molar-refractivity contribution in [2.24, 2.45) is 0 Å². The van der Waals surface area contributed by atoms with E-state index in [0.29, 0.717) is 5.56 Å². The van der Waals surface area contributed by atoms with Gasteiger partial charge in [0, 0.05) is 17.2 Å². The maximum atomic E-state index is 12.1. The molecule has 0 bridgehead atoms. The highest BCUT2D eigenvalue weighted by Crippen LogP contribution is 2.22. The van der Waals surface area contributed by atoms with Crippen molar-refractivity contribution in [2.75, 3.05) is 7.11 Å². The third kappa shape index (κ3) is 2.40. The van der Waals surface area contributed by atoms with Crippen molar-refractivity contribution in [1.82, 2.24) is 0 Å². The smallest absolute Gasteiger partial charge is 0.346 e. The molecule has 0 saturated carbocycles.